The smallest absolute Gasteiger partial charge is 0.399 e. The van der Waals surface area contributed by atoms with E-state index in [2.05, 4.69) is 21.2 Å². The summed E-state index contributed by atoms with van der Waals surface area (Å²) < 4.78 is 41.1. The van der Waals surface area contributed by atoms with Crippen molar-refractivity contribution in [1.29, 1.82) is 0 Å². The molecular weight excluding hydrogens is 711 g/mol. The maximum Gasteiger partial charge on any atom is 0.399 e. The van der Waals surface area contributed by atoms with Gasteiger partial charge < -0.3 is 30.0 Å². The predicted octanol–water partition coefficient (Wildman–Crippen LogP) is 5.53. The number of hydrogen-bond donors (Lipinski definition) is 4. The number of nitrogens with zero attached hydrogens (tertiary/aromatic N) is 2. The summed E-state index contributed by atoms with van der Waals surface area (Å²) in [6.07, 6.45) is 0.544. The zero-order valence-corrected chi connectivity index (χ0v) is 28.4. The summed E-state index contributed by atoms with van der Waals surface area (Å²) >= 11 is 4.30. The van der Waals surface area contributed by atoms with Crippen molar-refractivity contribution in [3.63, 3.8) is 0 Å². The Hall–Kier alpha value is -3.23. The number of carbonyl (C=O) groups is 4. The van der Waals surface area contributed by atoms with E-state index in [1.165, 1.54) is 21.9 Å². The highest BCUT2D eigenvalue weighted by atomic mass is 79.9. The fourth-order valence-corrected chi connectivity index (χ4v) is 6.88. The molecule has 16 heteroatoms. The number of anilines is 1. The number of benzene rings is 2. The largest absolute Gasteiger partial charge is 0.481 e. The van der Waals surface area contributed by atoms with Gasteiger partial charge in [-0.3, -0.25) is 23.7 Å². The number of hydrogen-bond acceptors (Lipinski definition) is 6. The normalized spacial score (nSPS) is 16.3. The minimum Gasteiger partial charge on any atom is -0.481 e. The SMILES string of the molecule is CC(C)(C)C(NC(=O)c1cc2cc(C(F)(F)P(=O)(O)O)ccc2s1)C(=O)N1CCC[C@H]1C(=O)N(CCC(=O)O)c1ccc(Br)cc1. The Labute approximate surface area is 275 Å². The lowest BCUT2D eigenvalue weighted by Crippen LogP contribution is -2.58. The molecule has 2 heterocycles. The lowest BCUT2D eigenvalue weighted by molar-refractivity contribution is -0.141. The van der Waals surface area contributed by atoms with Crippen LogP contribution in [0.1, 0.15) is 55.3 Å². The van der Waals surface area contributed by atoms with E-state index in [1.807, 2.05) is 0 Å². The number of alkyl halides is 2. The molecule has 4 rings (SSSR count). The first-order valence-electron chi connectivity index (χ1n) is 14.2. The highest BCUT2D eigenvalue weighted by Crippen LogP contribution is 2.59. The molecule has 1 fully saturated rings. The molecule has 3 amide bonds. The van der Waals surface area contributed by atoms with Crippen molar-refractivity contribution >= 4 is 74.3 Å². The monoisotopic (exact) mass is 743 g/mol. The van der Waals surface area contributed by atoms with Gasteiger partial charge in [-0.05, 0) is 66.1 Å². The van der Waals surface area contributed by atoms with Gasteiger partial charge in [-0.1, -0.05) is 42.8 Å². The molecule has 0 aliphatic carbocycles. The molecule has 0 bridgehead atoms. The van der Waals surface area contributed by atoms with Gasteiger partial charge in [-0.15, -0.1) is 11.3 Å². The summed E-state index contributed by atoms with van der Waals surface area (Å²) in [5.74, 6) is -2.70. The Kier molecular flexibility index (Phi) is 10.4. The van der Waals surface area contributed by atoms with E-state index in [-0.39, 0.29) is 29.8 Å². The van der Waals surface area contributed by atoms with E-state index in [0.717, 1.165) is 27.9 Å². The molecule has 4 N–H and O–H groups in total. The third-order valence-corrected chi connectivity index (χ3v) is 10.2. The van der Waals surface area contributed by atoms with Gasteiger partial charge >= 0.3 is 19.2 Å². The van der Waals surface area contributed by atoms with Gasteiger partial charge in [0.25, 0.3) is 5.91 Å². The second kappa shape index (κ2) is 13.5. The van der Waals surface area contributed by atoms with Gasteiger partial charge in [0.15, 0.2) is 0 Å². The zero-order chi connectivity index (χ0) is 34.2. The molecule has 2 atom stereocenters. The first kappa shape index (κ1) is 35.6. The van der Waals surface area contributed by atoms with Crippen LogP contribution in [0.3, 0.4) is 0 Å². The van der Waals surface area contributed by atoms with Gasteiger partial charge in [-0.25, -0.2) is 0 Å². The second-order valence-electron chi connectivity index (χ2n) is 12.0. The Balaban J connectivity index is 1.59. The number of carboxylic acids is 1. The minimum absolute atomic E-state index is 0.0813. The molecular formula is C30H33BrF2N3O8PS. The highest BCUT2D eigenvalue weighted by Gasteiger charge is 2.50. The third-order valence-electron chi connectivity index (χ3n) is 7.62. The molecule has 3 aromatic rings. The van der Waals surface area contributed by atoms with Crippen LogP contribution in [-0.4, -0.2) is 68.7 Å². The number of halogens is 3. The van der Waals surface area contributed by atoms with Crippen molar-refractivity contribution in [3.8, 4) is 0 Å². The van der Waals surface area contributed by atoms with Crippen molar-refractivity contribution in [2.45, 2.75) is 57.8 Å². The fraction of sp³-hybridized carbons (Fsp3) is 0.400. The number of thiophene rings is 1. The van der Waals surface area contributed by atoms with Crippen LogP contribution in [0.4, 0.5) is 14.5 Å². The maximum absolute atomic E-state index is 14.3. The summed E-state index contributed by atoms with van der Waals surface area (Å²) in [6, 6.07) is 9.13. The van der Waals surface area contributed by atoms with E-state index in [4.69, 9.17) is 9.79 Å². The van der Waals surface area contributed by atoms with Gasteiger partial charge in [0.05, 0.1) is 11.3 Å². The predicted molar refractivity (Wildman–Crippen MR) is 172 cm³/mol. The van der Waals surface area contributed by atoms with Crippen LogP contribution >= 0.6 is 34.9 Å². The molecule has 1 unspecified atom stereocenters. The van der Waals surface area contributed by atoms with Gasteiger partial charge in [0.2, 0.25) is 11.8 Å². The summed E-state index contributed by atoms with van der Waals surface area (Å²) in [6.45, 7) is 5.35. The van der Waals surface area contributed by atoms with E-state index in [0.29, 0.717) is 23.2 Å². The van der Waals surface area contributed by atoms with Crippen LogP contribution < -0.4 is 10.2 Å². The first-order valence-corrected chi connectivity index (χ1v) is 17.4. The number of rotatable bonds is 10. The maximum atomic E-state index is 14.3. The molecule has 1 aromatic heterocycles. The van der Waals surface area contributed by atoms with Crippen LogP contribution in [0.5, 0.6) is 0 Å². The average Bonchev–Trinajstić information content (AvgIpc) is 3.62. The number of nitrogens with one attached hydrogen (secondary N) is 1. The number of carbonyl (C=O) groups excluding carboxylic acids is 3. The van der Waals surface area contributed by atoms with E-state index >= 15 is 0 Å². The van der Waals surface area contributed by atoms with Gasteiger partial charge in [0, 0.05) is 33.5 Å². The standard InChI is InChI=1S/C30H33BrF2N3O8PS/c1-29(2,3)25(34-26(39)23-16-17-15-18(6-11-22(17)46-23)30(32,33)45(42,43)44)28(41)36-13-4-5-21(36)27(40)35(14-12-24(37)38)20-9-7-19(31)8-10-20/h6-11,15-16,21,25H,4-5,12-14H2,1-3H3,(H,34,39)(H,37,38)(H2,42,43,44)/t21-,25?/m0/s1. The van der Waals surface area contributed by atoms with Crippen LogP contribution in [0.25, 0.3) is 10.1 Å². The van der Waals surface area contributed by atoms with Crippen molar-refractivity contribution in [1.82, 2.24) is 10.2 Å². The molecule has 1 aliphatic rings. The molecule has 0 radical (unpaired) electrons. The quantitative estimate of drug-likeness (QED) is 0.197. The van der Waals surface area contributed by atoms with Crippen LogP contribution in [0.2, 0.25) is 0 Å². The fourth-order valence-electron chi connectivity index (χ4n) is 5.19. The van der Waals surface area contributed by atoms with E-state index in [1.54, 1.807) is 45.0 Å². The Morgan fingerprint density at radius 3 is 2.35 bits per heavy atom. The van der Waals surface area contributed by atoms with Crippen LogP contribution in [0, 0.1) is 5.41 Å². The number of carboxylic acid groups (broad SMARTS) is 1. The first-order chi connectivity index (χ1) is 21.3. The van der Waals surface area contributed by atoms with Crippen molar-refractivity contribution in [2.75, 3.05) is 18.0 Å². The average molecular weight is 745 g/mol. The Morgan fingerprint density at radius 1 is 1.11 bits per heavy atom. The lowest BCUT2D eigenvalue weighted by atomic mass is 9.85. The van der Waals surface area contributed by atoms with Crippen LogP contribution in [0.15, 0.2) is 53.0 Å². The molecule has 0 saturated carbocycles. The number of amides is 3. The third kappa shape index (κ3) is 7.66. The van der Waals surface area contributed by atoms with E-state index < -0.39 is 60.0 Å². The van der Waals surface area contributed by atoms with Crippen LogP contribution in [-0.2, 0) is 24.6 Å². The summed E-state index contributed by atoms with van der Waals surface area (Å²) in [5, 5.41) is 12.2. The molecule has 46 heavy (non-hydrogen) atoms. The Morgan fingerprint density at radius 2 is 1.76 bits per heavy atom. The van der Waals surface area contributed by atoms with Gasteiger partial charge in [0.1, 0.15) is 12.1 Å². The number of fused-ring (bicyclic) bond motifs is 1. The van der Waals surface area contributed by atoms with Crippen molar-refractivity contribution < 1.29 is 47.4 Å². The summed E-state index contributed by atoms with van der Waals surface area (Å²) in [4.78, 5) is 73.8. The lowest BCUT2D eigenvalue weighted by Gasteiger charge is -2.36. The second-order valence-corrected chi connectivity index (χ2v) is 15.7. The van der Waals surface area contributed by atoms with Gasteiger partial charge in [-0.2, -0.15) is 8.78 Å². The molecule has 248 valence electrons. The molecule has 11 nitrogen and oxygen atoms in total. The molecule has 2 aromatic carbocycles. The van der Waals surface area contributed by atoms with E-state index in [9.17, 15) is 37.6 Å². The van der Waals surface area contributed by atoms with Crippen molar-refractivity contribution in [2.24, 2.45) is 5.41 Å². The number of aliphatic carboxylic acids is 1. The summed E-state index contributed by atoms with van der Waals surface area (Å²) in [5.41, 5.74) is -5.67. The molecule has 1 saturated heterocycles. The van der Waals surface area contributed by atoms with Crippen molar-refractivity contribution in [3.05, 3.63) is 63.4 Å². The molecule has 1 aliphatic heterocycles. The number of likely N-dealkylation sites (tertiary alicyclic amines) is 1. The Bertz CT molecular complexity index is 1710. The molecule has 0 spiro atoms. The highest BCUT2D eigenvalue weighted by molar-refractivity contribution is 9.10. The summed E-state index contributed by atoms with van der Waals surface area (Å²) in [7, 11) is -5.79. The zero-order valence-electron chi connectivity index (χ0n) is 25.1. The minimum atomic E-state index is -5.79. The topological polar surface area (TPSA) is 165 Å².